The Labute approximate surface area is 203 Å². The first-order valence-electron chi connectivity index (χ1n) is 11.2. The highest BCUT2D eigenvalue weighted by Gasteiger charge is 2.30. The number of benzene rings is 3. The van der Waals surface area contributed by atoms with Crippen LogP contribution in [-0.4, -0.2) is 44.2 Å². The highest BCUT2D eigenvalue weighted by atomic mass is 16.5. The van der Waals surface area contributed by atoms with E-state index in [0.717, 1.165) is 11.1 Å². The van der Waals surface area contributed by atoms with Gasteiger partial charge in [0.1, 0.15) is 17.2 Å². The number of carbonyl (C=O) groups excluding carboxylic acids is 1. The Morgan fingerprint density at radius 2 is 1.63 bits per heavy atom. The first kappa shape index (κ1) is 23.9. The fourth-order valence-corrected chi connectivity index (χ4v) is 3.89. The molecule has 0 bridgehead atoms. The van der Waals surface area contributed by atoms with Crippen molar-refractivity contribution in [3.05, 3.63) is 76.9 Å². The average Bonchev–Trinajstić information content (AvgIpc) is 2.81. The topological polar surface area (TPSA) is 117 Å². The molecule has 1 heterocycles. The maximum Gasteiger partial charge on any atom is 0.347 e. The molecule has 8 nitrogen and oxygen atoms in total. The number of amides is 1. The third kappa shape index (κ3) is 5.16. The molecule has 182 valence electrons. The smallest absolute Gasteiger partial charge is 0.347 e. The number of aromatic hydroxyl groups is 2. The normalized spacial score (nSPS) is 13.2. The van der Waals surface area contributed by atoms with E-state index in [1.165, 1.54) is 19.9 Å². The van der Waals surface area contributed by atoms with Crippen molar-refractivity contribution in [2.45, 2.75) is 39.3 Å². The number of phenolic OH excluding ortho intramolecular Hbond substituents is 2. The summed E-state index contributed by atoms with van der Waals surface area (Å²) in [5, 5.41) is 28.8. The molecule has 35 heavy (non-hydrogen) atoms. The number of ether oxygens (including phenoxy) is 2. The molecular formula is C27H27NO7. The Morgan fingerprint density at radius 3 is 2.31 bits per heavy atom. The Kier molecular flexibility index (Phi) is 6.30. The lowest BCUT2D eigenvalue weighted by atomic mass is 9.98. The Morgan fingerprint density at radius 1 is 0.943 bits per heavy atom. The summed E-state index contributed by atoms with van der Waals surface area (Å²) in [5.74, 6) is -0.140. The molecule has 8 heteroatoms. The molecule has 0 saturated carbocycles. The minimum atomic E-state index is -1.37. The molecule has 0 unspecified atom stereocenters. The van der Waals surface area contributed by atoms with Crippen LogP contribution in [0.25, 0.3) is 0 Å². The van der Waals surface area contributed by atoms with Gasteiger partial charge in [-0.1, -0.05) is 6.07 Å². The number of fused-ring (bicyclic) bond motifs is 1. The quantitative estimate of drug-likeness (QED) is 0.443. The average molecular weight is 478 g/mol. The van der Waals surface area contributed by atoms with E-state index in [4.69, 9.17) is 9.47 Å². The van der Waals surface area contributed by atoms with Gasteiger partial charge >= 0.3 is 5.97 Å². The van der Waals surface area contributed by atoms with Gasteiger partial charge in [-0.15, -0.1) is 0 Å². The van der Waals surface area contributed by atoms with Crippen LogP contribution in [0.5, 0.6) is 28.7 Å². The summed E-state index contributed by atoms with van der Waals surface area (Å²) >= 11 is 0. The maximum absolute atomic E-state index is 13.1. The van der Waals surface area contributed by atoms with E-state index in [0.29, 0.717) is 47.9 Å². The van der Waals surface area contributed by atoms with Crippen molar-refractivity contribution in [1.82, 2.24) is 4.90 Å². The molecule has 0 atom stereocenters. The number of carboxylic acids is 1. The summed E-state index contributed by atoms with van der Waals surface area (Å²) in [7, 11) is 0. The van der Waals surface area contributed by atoms with E-state index in [9.17, 15) is 24.9 Å². The fourth-order valence-electron chi connectivity index (χ4n) is 3.89. The van der Waals surface area contributed by atoms with Gasteiger partial charge in [0.15, 0.2) is 17.1 Å². The molecule has 4 rings (SSSR count). The molecule has 0 fully saturated rings. The number of aliphatic carboxylic acids is 1. The van der Waals surface area contributed by atoms with Gasteiger partial charge in [-0.2, -0.15) is 0 Å². The van der Waals surface area contributed by atoms with E-state index < -0.39 is 11.6 Å². The van der Waals surface area contributed by atoms with Crippen molar-refractivity contribution in [2.75, 3.05) is 6.54 Å². The number of aryl methyl sites for hydroxylation is 1. The molecule has 1 aliphatic heterocycles. The number of carboxylic acid groups (broad SMARTS) is 1. The maximum atomic E-state index is 13.1. The monoisotopic (exact) mass is 477 g/mol. The van der Waals surface area contributed by atoms with Crippen LogP contribution in [0, 0.1) is 6.92 Å². The number of phenols is 2. The zero-order valence-electron chi connectivity index (χ0n) is 19.7. The zero-order chi connectivity index (χ0) is 25.3. The minimum Gasteiger partial charge on any atom is -0.504 e. The van der Waals surface area contributed by atoms with Crippen molar-refractivity contribution in [3.8, 4) is 28.7 Å². The number of carbonyl (C=O) groups is 2. The van der Waals surface area contributed by atoms with E-state index in [1.807, 2.05) is 0 Å². The zero-order valence-corrected chi connectivity index (χ0v) is 19.7. The molecule has 3 aromatic carbocycles. The SMILES string of the molecule is Cc1cc(Oc2cccc(C(=O)N3CCc4cc(O)c(O)cc4C3)c2)ccc1OC(C)(C)C(=O)O. The van der Waals surface area contributed by atoms with E-state index in [-0.39, 0.29) is 17.4 Å². The van der Waals surface area contributed by atoms with Gasteiger partial charge in [-0.05, 0) is 92.4 Å². The molecule has 1 amide bonds. The van der Waals surface area contributed by atoms with Crippen molar-refractivity contribution in [2.24, 2.45) is 0 Å². The summed E-state index contributed by atoms with van der Waals surface area (Å²) in [6.07, 6.45) is 0.581. The lowest BCUT2D eigenvalue weighted by Crippen LogP contribution is -2.38. The second-order valence-electron chi connectivity index (χ2n) is 9.06. The largest absolute Gasteiger partial charge is 0.504 e. The fraction of sp³-hybridized carbons (Fsp3) is 0.259. The molecule has 3 aromatic rings. The number of nitrogens with zero attached hydrogens (tertiary/aromatic N) is 1. The predicted molar refractivity (Wildman–Crippen MR) is 128 cm³/mol. The summed E-state index contributed by atoms with van der Waals surface area (Å²) in [5.41, 5.74) is 1.53. The van der Waals surface area contributed by atoms with Crippen LogP contribution in [0.3, 0.4) is 0 Å². The minimum absolute atomic E-state index is 0.159. The van der Waals surface area contributed by atoms with Crippen LogP contribution in [0.2, 0.25) is 0 Å². The first-order chi connectivity index (χ1) is 16.5. The lowest BCUT2D eigenvalue weighted by Gasteiger charge is -2.29. The van der Waals surface area contributed by atoms with Crippen molar-refractivity contribution >= 4 is 11.9 Å². The third-order valence-corrected chi connectivity index (χ3v) is 5.94. The molecule has 0 radical (unpaired) electrons. The summed E-state index contributed by atoms with van der Waals surface area (Å²) in [6, 6.07) is 15.0. The van der Waals surface area contributed by atoms with Gasteiger partial charge in [-0.25, -0.2) is 4.79 Å². The summed E-state index contributed by atoms with van der Waals surface area (Å²) < 4.78 is 11.6. The second kappa shape index (κ2) is 9.21. The Bertz CT molecular complexity index is 1300. The molecule has 0 spiro atoms. The molecular weight excluding hydrogens is 450 g/mol. The Balaban J connectivity index is 1.47. The third-order valence-electron chi connectivity index (χ3n) is 5.94. The Hall–Kier alpha value is -4.20. The summed E-state index contributed by atoms with van der Waals surface area (Å²) in [4.78, 5) is 26.2. The van der Waals surface area contributed by atoms with Gasteiger partial charge in [0, 0.05) is 18.7 Å². The van der Waals surface area contributed by atoms with Crippen molar-refractivity contribution in [1.29, 1.82) is 0 Å². The van der Waals surface area contributed by atoms with E-state index in [2.05, 4.69) is 0 Å². The van der Waals surface area contributed by atoms with Crippen LogP contribution in [-0.2, 0) is 17.8 Å². The van der Waals surface area contributed by atoms with Gasteiger partial charge < -0.3 is 29.7 Å². The van der Waals surface area contributed by atoms with Gasteiger partial charge in [0.05, 0.1) is 0 Å². The van der Waals surface area contributed by atoms with Crippen LogP contribution in [0.4, 0.5) is 0 Å². The number of rotatable bonds is 6. The van der Waals surface area contributed by atoms with Crippen molar-refractivity contribution in [3.63, 3.8) is 0 Å². The van der Waals surface area contributed by atoms with Gasteiger partial charge in [-0.3, -0.25) is 4.79 Å². The standard InChI is InChI=1S/C27H27NO7/c1-16-11-21(7-8-24(16)35-27(2,3)26(32)33)34-20-6-4-5-18(12-20)25(31)28-10-9-17-13-22(29)23(30)14-19(17)15-28/h4-8,11-14,29-30H,9-10,15H2,1-3H3,(H,32,33). The van der Waals surface area contributed by atoms with E-state index in [1.54, 1.807) is 60.4 Å². The van der Waals surface area contributed by atoms with Crippen LogP contribution < -0.4 is 9.47 Å². The number of hydrogen-bond acceptors (Lipinski definition) is 6. The number of hydrogen-bond donors (Lipinski definition) is 3. The molecule has 0 aliphatic carbocycles. The highest BCUT2D eigenvalue weighted by Crippen LogP contribution is 2.33. The van der Waals surface area contributed by atoms with Gasteiger partial charge in [0.2, 0.25) is 0 Å². The van der Waals surface area contributed by atoms with Gasteiger partial charge in [0.25, 0.3) is 5.91 Å². The predicted octanol–water partition coefficient (Wildman–Crippen LogP) is 4.64. The van der Waals surface area contributed by atoms with Crippen molar-refractivity contribution < 1.29 is 34.4 Å². The second-order valence-corrected chi connectivity index (χ2v) is 9.06. The molecule has 0 aromatic heterocycles. The molecule has 1 aliphatic rings. The molecule has 3 N–H and O–H groups in total. The first-order valence-corrected chi connectivity index (χ1v) is 11.2. The lowest BCUT2D eigenvalue weighted by molar-refractivity contribution is -0.152. The van der Waals surface area contributed by atoms with Crippen LogP contribution >= 0.6 is 0 Å². The summed E-state index contributed by atoms with van der Waals surface area (Å²) in [6.45, 7) is 5.59. The van der Waals surface area contributed by atoms with E-state index >= 15 is 0 Å². The van der Waals surface area contributed by atoms with Crippen LogP contribution in [0.1, 0.15) is 40.9 Å². The molecule has 0 saturated heterocycles. The highest BCUT2D eigenvalue weighted by molar-refractivity contribution is 5.94. The van der Waals surface area contributed by atoms with Crippen LogP contribution in [0.15, 0.2) is 54.6 Å².